The van der Waals surface area contributed by atoms with Gasteiger partial charge >= 0.3 is 6.18 Å². The zero-order chi connectivity index (χ0) is 21.7. The third-order valence-corrected chi connectivity index (χ3v) is 5.48. The largest absolute Gasteiger partial charge is 0.471 e. The highest BCUT2D eigenvalue weighted by Crippen LogP contribution is 2.30. The summed E-state index contributed by atoms with van der Waals surface area (Å²) in [5, 5.41) is 8.42. The van der Waals surface area contributed by atoms with Crippen molar-refractivity contribution in [3.63, 3.8) is 0 Å². The molecular weight excluding hydrogens is 442 g/mol. The molecule has 2 aromatic rings. The number of alkyl halides is 3. The Morgan fingerprint density at radius 3 is 2.57 bits per heavy atom. The Hall–Kier alpha value is -1.93. The zero-order valence-corrected chi connectivity index (χ0v) is 17.9. The van der Waals surface area contributed by atoms with Crippen molar-refractivity contribution in [3.8, 4) is 5.88 Å². The van der Waals surface area contributed by atoms with Crippen LogP contribution in [0.1, 0.15) is 43.4 Å². The van der Waals surface area contributed by atoms with Crippen LogP contribution in [0.3, 0.4) is 0 Å². The van der Waals surface area contributed by atoms with Crippen molar-refractivity contribution in [1.82, 2.24) is 9.78 Å². The van der Waals surface area contributed by atoms with Crippen molar-refractivity contribution in [3.05, 3.63) is 45.6 Å². The zero-order valence-electron chi connectivity index (χ0n) is 16.4. The highest BCUT2D eigenvalue weighted by molar-refractivity contribution is 6.37. The molecule has 0 unspecified atom stereocenters. The molecule has 164 valence electrons. The number of aryl methyl sites for hydroxylation is 1. The molecule has 1 aliphatic rings. The summed E-state index contributed by atoms with van der Waals surface area (Å²) in [4.78, 5) is 5.57. The van der Waals surface area contributed by atoms with E-state index in [2.05, 4.69) is 10.3 Å². The maximum Gasteiger partial charge on any atom is 0.435 e. The number of benzene rings is 1. The van der Waals surface area contributed by atoms with Gasteiger partial charge in [-0.05, 0) is 37.0 Å². The summed E-state index contributed by atoms with van der Waals surface area (Å²) < 4.78 is 45.2. The van der Waals surface area contributed by atoms with Gasteiger partial charge in [-0.25, -0.2) is 4.68 Å². The smallest absolute Gasteiger partial charge is 0.435 e. The Bertz CT molecular complexity index is 894. The first-order valence-electron chi connectivity index (χ1n) is 9.62. The number of nitrogens with zero attached hydrogens (tertiary/aromatic N) is 3. The van der Waals surface area contributed by atoms with Gasteiger partial charge in [-0.3, -0.25) is 0 Å². The standard InChI is InChI=1S/C20H22Cl2F3N3O2/c1-28-19(10-18(26-28)20(23,24)25)29-12-17(15-8-7-14(21)9-16(15)22)27-30-11-13-5-3-2-4-6-13/h7-10,13H,2-6,11-12H2,1H3/b27-17-. The van der Waals surface area contributed by atoms with Crippen molar-refractivity contribution in [2.24, 2.45) is 18.1 Å². The molecule has 1 aliphatic carbocycles. The van der Waals surface area contributed by atoms with Gasteiger partial charge in [0.1, 0.15) is 18.9 Å². The van der Waals surface area contributed by atoms with E-state index in [4.69, 9.17) is 32.8 Å². The lowest BCUT2D eigenvalue weighted by Gasteiger charge is -2.20. The van der Waals surface area contributed by atoms with E-state index in [-0.39, 0.29) is 12.5 Å². The van der Waals surface area contributed by atoms with Gasteiger partial charge < -0.3 is 9.57 Å². The molecule has 1 aromatic heterocycles. The third-order valence-electron chi connectivity index (χ3n) is 4.94. The van der Waals surface area contributed by atoms with Gasteiger partial charge in [0.05, 0.1) is 5.02 Å². The summed E-state index contributed by atoms with van der Waals surface area (Å²) in [7, 11) is 1.37. The summed E-state index contributed by atoms with van der Waals surface area (Å²) in [5.41, 5.74) is -0.151. The van der Waals surface area contributed by atoms with Crippen molar-refractivity contribution in [2.75, 3.05) is 13.2 Å². The summed E-state index contributed by atoms with van der Waals surface area (Å²) in [6.07, 6.45) is 1.23. The molecule has 1 heterocycles. The number of rotatable bonds is 7. The first-order chi connectivity index (χ1) is 14.2. The topological polar surface area (TPSA) is 48.6 Å². The lowest BCUT2D eigenvalue weighted by Crippen LogP contribution is -2.17. The lowest BCUT2D eigenvalue weighted by molar-refractivity contribution is -0.141. The quantitative estimate of drug-likeness (QED) is 0.366. The minimum atomic E-state index is -4.56. The molecule has 0 aliphatic heterocycles. The maximum atomic E-state index is 12.9. The van der Waals surface area contributed by atoms with Crippen LogP contribution in [-0.2, 0) is 18.1 Å². The molecule has 30 heavy (non-hydrogen) atoms. The highest BCUT2D eigenvalue weighted by atomic mass is 35.5. The summed E-state index contributed by atoms with van der Waals surface area (Å²) >= 11 is 12.2. The first kappa shape index (κ1) is 22.7. The first-order valence-corrected chi connectivity index (χ1v) is 10.4. The molecule has 0 amide bonds. The number of ether oxygens (including phenoxy) is 1. The molecule has 1 aromatic carbocycles. The Labute approximate surface area is 182 Å². The van der Waals surface area contributed by atoms with Gasteiger partial charge in [-0.2, -0.15) is 18.3 Å². The fourth-order valence-corrected chi connectivity index (χ4v) is 3.83. The Morgan fingerprint density at radius 2 is 1.93 bits per heavy atom. The van der Waals surface area contributed by atoms with E-state index in [1.807, 2.05) is 0 Å². The van der Waals surface area contributed by atoms with Crippen LogP contribution in [0.2, 0.25) is 10.0 Å². The van der Waals surface area contributed by atoms with Crippen LogP contribution in [0.25, 0.3) is 0 Å². The summed E-state index contributed by atoms with van der Waals surface area (Å²) in [5.74, 6) is 0.393. The molecule has 1 saturated carbocycles. The van der Waals surface area contributed by atoms with E-state index in [0.717, 1.165) is 23.6 Å². The van der Waals surface area contributed by atoms with Gasteiger partial charge in [0.25, 0.3) is 0 Å². The second-order valence-corrected chi connectivity index (χ2v) is 8.08. The average Bonchev–Trinajstić information content (AvgIpc) is 3.07. The third kappa shape index (κ3) is 6.04. The normalized spacial score (nSPS) is 16.0. The van der Waals surface area contributed by atoms with Crippen molar-refractivity contribution >= 4 is 28.9 Å². The number of hydrogen-bond donors (Lipinski definition) is 0. The molecule has 10 heteroatoms. The second-order valence-electron chi connectivity index (χ2n) is 7.24. The number of hydrogen-bond acceptors (Lipinski definition) is 4. The molecular formula is C20H22Cl2F3N3O2. The van der Waals surface area contributed by atoms with Crippen molar-refractivity contribution in [1.29, 1.82) is 0 Å². The van der Waals surface area contributed by atoms with Gasteiger partial charge in [-0.1, -0.05) is 47.6 Å². The minimum absolute atomic E-state index is 0.0487. The van der Waals surface area contributed by atoms with E-state index < -0.39 is 11.9 Å². The molecule has 3 rings (SSSR count). The van der Waals surface area contributed by atoms with Crippen molar-refractivity contribution in [2.45, 2.75) is 38.3 Å². The molecule has 0 spiro atoms. The SMILES string of the molecule is Cn1nc(C(F)(F)F)cc1OC/C(=N/OCC1CCCCC1)c1ccc(Cl)cc1Cl. The second kappa shape index (κ2) is 9.92. The molecule has 1 fully saturated rings. The predicted molar refractivity (Wildman–Crippen MR) is 109 cm³/mol. The lowest BCUT2D eigenvalue weighted by atomic mass is 9.90. The predicted octanol–water partition coefficient (Wildman–Crippen LogP) is 6.13. The number of oxime groups is 1. The van der Waals surface area contributed by atoms with E-state index in [1.165, 1.54) is 26.3 Å². The van der Waals surface area contributed by atoms with E-state index in [1.54, 1.807) is 18.2 Å². The van der Waals surface area contributed by atoms with Crippen LogP contribution >= 0.6 is 23.2 Å². The van der Waals surface area contributed by atoms with Crippen LogP contribution in [-0.4, -0.2) is 28.7 Å². The fourth-order valence-electron chi connectivity index (χ4n) is 3.32. The van der Waals surface area contributed by atoms with Crippen LogP contribution in [0.15, 0.2) is 29.4 Å². The van der Waals surface area contributed by atoms with E-state index in [9.17, 15) is 13.2 Å². The number of aromatic nitrogens is 2. The summed E-state index contributed by atoms with van der Waals surface area (Å²) in [6.45, 7) is 0.321. The molecule has 0 radical (unpaired) electrons. The van der Waals surface area contributed by atoms with Crippen LogP contribution in [0, 0.1) is 5.92 Å². The average molecular weight is 464 g/mol. The molecule has 0 saturated heterocycles. The molecule has 0 atom stereocenters. The van der Waals surface area contributed by atoms with E-state index in [0.29, 0.717) is 33.8 Å². The molecule has 0 N–H and O–H groups in total. The molecule has 5 nitrogen and oxygen atoms in total. The number of halogens is 5. The highest BCUT2D eigenvalue weighted by Gasteiger charge is 2.35. The van der Waals surface area contributed by atoms with Gasteiger partial charge in [0, 0.05) is 23.7 Å². The van der Waals surface area contributed by atoms with Crippen molar-refractivity contribution < 1.29 is 22.7 Å². The van der Waals surface area contributed by atoms with Crippen LogP contribution < -0.4 is 4.74 Å². The van der Waals surface area contributed by atoms with Crippen LogP contribution in [0.4, 0.5) is 13.2 Å². The monoisotopic (exact) mass is 463 g/mol. The fraction of sp³-hybridized carbons (Fsp3) is 0.500. The molecule has 0 bridgehead atoms. The minimum Gasteiger partial charge on any atom is -0.471 e. The summed E-state index contributed by atoms with van der Waals surface area (Å²) in [6, 6.07) is 5.71. The van der Waals surface area contributed by atoms with E-state index >= 15 is 0 Å². The Kier molecular flexibility index (Phi) is 7.52. The Morgan fingerprint density at radius 1 is 1.20 bits per heavy atom. The van der Waals surface area contributed by atoms with Gasteiger partial charge in [-0.15, -0.1) is 0 Å². The Balaban J connectivity index is 1.75. The van der Waals surface area contributed by atoms with Gasteiger partial charge in [0.2, 0.25) is 5.88 Å². The van der Waals surface area contributed by atoms with Crippen LogP contribution in [0.5, 0.6) is 5.88 Å². The van der Waals surface area contributed by atoms with Gasteiger partial charge in [0.15, 0.2) is 5.69 Å². The maximum absolute atomic E-state index is 12.9.